The van der Waals surface area contributed by atoms with Crippen molar-refractivity contribution in [1.29, 1.82) is 0 Å². The average molecular weight is 281 g/mol. The van der Waals surface area contributed by atoms with Crippen molar-refractivity contribution in [3.05, 3.63) is 33.8 Å². The van der Waals surface area contributed by atoms with Crippen molar-refractivity contribution in [2.45, 2.75) is 26.2 Å². The Bertz CT molecular complexity index is 382. The molecule has 1 aliphatic heterocycles. The molecule has 3 heteroatoms. The van der Waals surface area contributed by atoms with Crippen molar-refractivity contribution >= 4 is 22.1 Å². The SMILES string of the molecule is Cc1ccc(C=NN2CCCCC2)c(Br)c1. The molecule has 0 aliphatic carbocycles. The Morgan fingerprint density at radius 1 is 1.25 bits per heavy atom. The Labute approximate surface area is 105 Å². The fourth-order valence-electron chi connectivity index (χ4n) is 1.87. The molecule has 1 fully saturated rings. The van der Waals surface area contributed by atoms with Gasteiger partial charge in [-0.2, -0.15) is 5.10 Å². The van der Waals surface area contributed by atoms with Crippen LogP contribution in [0.25, 0.3) is 0 Å². The summed E-state index contributed by atoms with van der Waals surface area (Å²) in [6, 6.07) is 6.34. The summed E-state index contributed by atoms with van der Waals surface area (Å²) >= 11 is 3.56. The van der Waals surface area contributed by atoms with Gasteiger partial charge in [-0.05, 0) is 37.8 Å². The molecule has 0 N–H and O–H groups in total. The van der Waals surface area contributed by atoms with Crippen molar-refractivity contribution in [1.82, 2.24) is 5.01 Å². The number of rotatable bonds is 2. The summed E-state index contributed by atoms with van der Waals surface area (Å²) in [6.07, 6.45) is 5.84. The second-order valence-electron chi connectivity index (χ2n) is 4.28. The number of halogens is 1. The van der Waals surface area contributed by atoms with Crippen LogP contribution in [0.4, 0.5) is 0 Å². The van der Waals surface area contributed by atoms with Crippen LogP contribution >= 0.6 is 15.9 Å². The number of piperidine rings is 1. The van der Waals surface area contributed by atoms with Crippen molar-refractivity contribution in [3.8, 4) is 0 Å². The predicted molar refractivity (Wildman–Crippen MR) is 71.9 cm³/mol. The largest absolute Gasteiger partial charge is 0.297 e. The molecule has 0 radical (unpaired) electrons. The highest BCUT2D eigenvalue weighted by Gasteiger charge is 2.06. The molecular weight excluding hydrogens is 264 g/mol. The minimum absolute atomic E-state index is 1.10. The summed E-state index contributed by atoms with van der Waals surface area (Å²) < 4.78 is 1.12. The first-order valence-corrected chi connectivity index (χ1v) is 6.60. The summed E-state index contributed by atoms with van der Waals surface area (Å²) in [5, 5.41) is 6.68. The van der Waals surface area contributed by atoms with Gasteiger partial charge in [-0.25, -0.2) is 0 Å². The van der Waals surface area contributed by atoms with Gasteiger partial charge < -0.3 is 0 Å². The van der Waals surface area contributed by atoms with Crippen LogP contribution in [-0.4, -0.2) is 24.3 Å². The second-order valence-corrected chi connectivity index (χ2v) is 5.14. The van der Waals surface area contributed by atoms with E-state index < -0.39 is 0 Å². The first-order valence-electron chi connectivity index (χ1n) is 5.81. The van der Waals surface area contributed by atoms with Crippen molar-refractivity contribution in [2.24, 2.45) is 5.10 Å². The van der Waals surface area contributed by atoms with Crippen molar-refractivity contribution in [3.63, 3.8) is 0 Å². The average Bonchev–Trinajstić information content (AvgIpc) is 2.29. The van der Waals surface area contributed by atoms with Gasteiger partial charge in [-0.1, -0.05) is 28.1 Å². The molecule has 0 spiro atoms. The van der Waals surface area contributed by atoms with Gasteiger partial charge in [0, 0.05) is 23.1 Å². The molecule has 2 nitrogen and oxygen atoms in total. The number of hydrazone groups is 1. The van der Waals surface area contributed by atoms with E-state index in [1.165, 1.54) is 24.8 Å². The zero-order valence-electron chi connectivity index (χ0n) is 9.62. The highest BCUT2D eigenvalue weighted by Crippen LogP contribution is 2.17. The van der Waals surface area contributed by atoms with Crippen LogP contribution in [0, 0.1) is 6.92 Å². The van der Waals surface area contributed by atoms with Crippen LogP contribution in [0.1, 0.15) is 30.4 Å². The fraction of sp³-hybridized carbons (Fsp3) is 0.462. The molecular formula is C13H17BrN2. The van der Waals surface area contributed by atoms with Crippen molar-refractivity contribution < 1.29 is 0 Å². The highest BCUT2D eigenvalue weighted by atomic mass is 79.9. The lowest BCUT2D eigenvalue weighted by molar-refractivity contribution is 0.240. The molecule has 1 aromatic rings. The standard InChI is InChI=1S/C13H17BrN2/c1-11-5-6-12(13(14)9-11)10-15-16-7-3-2-4-8-16/h5-6,9-10H,2-4,7-8H2,1H3. The molecule has 1 heterocycles. The van der Waals surface area contributed by atoms with E-state index in [1.807, 2.05) is 6.21 Å². The van der Waals surface area contributed by atoms with Gasteiger partial charge in [-0.3, -0.25) is 5.01 Å². The topological polar surface area (TPSA) is 15.6 Å². The Morgan fingerprint density at radius 2 is 2.00 bits per heavy atom. The smallest absolute Gasteiger partial charge is 0.0554 e. The predicted octanol–water partition coefficient (Wildman–Crippen LogP) is 3.58. The minimum atomic E-state index is 1.10. The molecule has 1 aliphatic rings. The van der Waals surface area contributed by atoms with Crippen LogP contribution in [0.5, 0.6) is 0 Å². The molecule has 1 saturated heterocycles. The zero-order chi connectivity index (χ0) is 11.4. The van der Waals surface area contributed by atoms with Gasteiger partial charge in [0.25, 0.3) is 0 Å². The lowest BCUT2D eigenvalue weighted by atomic mass is 10.1. The maximum absolute atomic E-state index is 4.52. The Morgan fingerprint density at radius 3 is 2.69 bits per heavy atom. The van der Waals surface area contributed by atoms with Crippen molar-refractivity contribution in [2.75, 3.05) is 13.1 Å². The number of aryl methyl sites for hydroxylation is 1. The van der Waals surface area contributed by atoms with Gasteiger partial charge in [0.1, 0.15) is 0 Å². The number of nitrogens with zero attached hydrogens (tertiary/aromatic N) is 2. The van der Waals surface area contributed by atoms with Gasteiger partial charge in [0.2, 0.25) is 0 Å². The molecule has 0 unspecified atom stereocenters. The van der Waals surface area contributed by atoms with E-state index in [1.54, 1.807) is 0 Å². The number of hydrogen-bond donors (Lipinski definition) is 0. The Kier molecular flexibility index (Phi) is 3.99. The maximum atomic E-state index is 4.52. The summed E-state index contributed by atoms with van der Waals surface area (Å²) in [7, 11) is 0. The normalized spacial score (nSPS) is 17.0. The van der Waals surface area contributed by atoms with E-state index in [0.29, 0.717) is 0 Å². The molecule has 2 rings (SSSR count). The lowest BCUT2D eigenvalue weighted by Crippen LogP contribution is -2.24. The fourth-order valence-corrected chi connectivity index (χ4v) is 2.47. The van der Waals surface area contributed by atoms with Gasteiger partial charge in [0.15, 0.2) is 0 Å². The zero-order valence-corrected chi connectivity index (χ0v) is 11.2. The third-order valence-electron chi connectivity index (χ3n) is 2.85. The molecule has 0 amide bonds. The highest BCUT2D eigenvalue weighted by molar-refractivity contribution is 9.10. The molecule has 86 valence electrons. The molecule has 0 saturated carbocycles. The second kappa shape index (κ2) is 5.48. The van der Waals surface area contributed by atoms with Crippen LogP contribution in [-0.2, 0) is 0 Å². The third kappa shape index (κ3) is 3.08. The quantitative estimate of drug-likeness (QED) is 0.756. The summed E-state index contributed by atoms with van der Waals surface area (Å²) in [4.78, 5) is 0. The maximum Gasteiger partial charge on any atom is 0.0554 e. The Hall–Kier alpha value is -0.830. The minimum Gasteiger partial charge on any atom is -0.297 e. The monoisotopic (exact) mass is 280 g/mol. The van der Waals surface area contributed by atoms with E-state index in [2.05, 4.69) is 51.2 Å². The first-order chi connectivity index (χ1) is 7.75. The van der Waals surface area contributed by atoms with E-state index in [9.17, 15) is 0 Å². The number of benzene rings is 1. The molecule has 0 atom stereocenters. The van der Waals surface area contributed by atoms with Gasteiger partial charge in [-0.15, -0.1) is 0 Å². The molecule has 16 heavy (non-hydrogen) atoms. The van der Waals surface area contributed by atoms with E-state index in [-0.39, 0.29) is 0 Å². The molecule has 0 aromatic heterocycles. The van der Waals surface area contributed by atoms with Crippen LogP contribution in [0.2, 0.25) is 0 Å². The van der Waals surface area contributed by atoms with Crippen LogP contribution < -0.4 is 0 Å². The molecule has 1 aromatic carbocycles. The summed E-state index contributed by atoms with van der Waals surface area (Å²) in [6.45, 7) is 4.29. The lowest BCUT2D eigenvalue weighted by Gasteiger charge is -2.23. The molecule has 0 bridgehead atoms. The summed E-state index contributed by atoms with van der Waals surface area (Å²) in [5.41, 5.74) is 2.41. The van der Waals surface area contributed by atoms with Gasteiger partial charge in [0.05, 0.1) is 6.21 Å². The van der Waals surface area contributed by atoms with Crippen LogP contribution in [0.3, 0.4) is 0 Å². The van der Waals surface area contributed by atoms with Crippen LogP contribution in [0.15, 0.2) is 27.8 Å². The van der Waals surface area contributed by atoms with E-state index >= 15 is 0 Å². The summed E-state index contributed by atoms with van der Waals surface area (Å²) in [5.74, 6) is 0. The first kappa shape index (κ1) is 11.6. The number of hydrogen-bond acceptors (Lipinski definition) is 2. The third-order valence-corrected chi connectivity index (χ3v) is 3.54. The van der Waals surface area contributed by atoms with Gasteiger partial charge >= 0.3 is 0 Å². The Balaban J connectivity index is 2.04. The van der Waals surface area contributed by atoms with E-state index in [4.69, 9.17) is 0 Å². The van der Waals surface area contributed by atoms with E-state index in [0.717, 1.165) is 23.1 Å².